The van der Waals surface area contributed by atoms with E-state index in [1.807, 2.05) is 13.8 Å². The number of nitrogens with zero attached hydrogens (tertiary/aromatic N) is 2. The maximum atomic E-state index is 12.8. The zero-order valence-corrected chi connectivity index (χ0v) is 13.5. The second-order valence-electron chi connectivity index (χ2n) is 5.35. The molecule has 1 aliphatic rings. The first-order chi connectivity index (χ1) is 9.88. The molecule has 1 unspecified atom stereocenters. The minimum Gasteiger partial charge on any atom is -0.481 e. The third kappa shape index (κ3) is 4.38. The summed E-state index contributed by atoms with van der Waals surface area (Å²) >= 11 is 0. The van der Waals surface area contributed by atoms with Crippen molar-refractivity contribution in [2.24, 2.45) is 5.92 Å². The fourth-order valence-electron chi connectivity index (χ4n) is 2.78. The minimum absolute atomic E-state index is 0.0136. The molecule has 1 saturated heterocycles. The van der Waals surface area contributed by atoms with Crippen molar-refractivity contribution in [3.8, 4) is 0 Å². The summed E-state index contributed by atoms with van der Waals surface area (Å²) in [6, 6.07) is -0.174. The lowest BCUT2D eigenvalue weighted by Gasteiger charge is -2.37. The Labute approximate surface area is 126 Å². The highest BCUT2D eigenvalue weighted by molar-refractivity contribution is 7.86. The molecular weight excluding hydrogens is 296 g/mol. The quantitative estimate of drug-likeness (QED) is 0.678. The number of piperidine rings is 1. The van der Waals surface area contributed by atoms with E-state index in [2.05, 4.69) is 0 Å². The van der Waals surface area contributed by atoms with Crippen molar-refractivity contribution in [1.29, 1.82) is 0 Å². The van der Waals surface area contributed by atoms with Crippen molar-refractivity contribution in [2.75, 3.05) is 26.2 Å². The molecule has 0 aromatic heterocycles. The SMILES string of the molecule is CCC(CC)N(CCO)S(=O)(=O)N1CCCC(C(=O)O)C1. The van der Waals surface area contributed by atoms with Crippen molar-refractivity contribution < 1.29 is 23.4 Å². The zero-order valence-electron chi connectivity index (χ0n) is 12.7. The second kappa shape index (κ2) is 8.07. The summed E-state index contributed by atoms with van der Waals surface area (Å²) in [5, 5.41) is 18.2. The third-order valence-electron chi connectivity index (χ3n) is 4.03. The molecule has 2 N–H and O–H groups in total. The van der Waals surface area contributed by atoms with Crippen LogP contribution in [0.1, 0.15) is 39.5 Å². The van der Waals surface area contributed by atoms with Gasteiger partial charge in [-0.25, -0.2) is 0 Å². The summed E-state index contributed by atoms with van der Waals surface area (Å²) in [6.07, 6.45) is 2.37. The number of carboxylic acid groups (broad SMARTS) is 1. The summed E-state index contributed by atoms with van der Waals surface area (Å²) in [5.74, 6) is -1.60. The average Bonchev–Trinajstić information content (AvgIpc) is 2.47. The van der Waals surface area contributed by atoms with Crippen LogP contribution < -0.4 is 0 Å². The smallest absolute Gasteiger partial charge is 0.307 e. The molecule has 1 fully saturated rings. The lowest BCUT2D eigenvalue weighted by atomic mass is 10.0. The van der Waals surface area contributed by atoms with Crippen molar-refractivity contribution in [3.63, 3.8) is 0 Å². The molecule has 0 amide bonds. The van der Waals surface area contributed by atoms with Gasteiger partial charge in [0, 0.05) is 25.7 Å². The number of rotatable bonds is 8. The number of hydrogen-bond donors (Lipinski definition) is 2. The topological polar surface area (TPSA) is 98.2 Å². The summed E-state index contributed by atoms with van der Waals surface area (Å²) in [7, 11) is -3.73. The number of aliphatic carboxylic acids is 1. The Bertz CT molecular complexity index is 436. The Morgan fingerprint density at radius 3 is 2.48 bits per heavy atom. The standard InChI is InChI=1S/C13H26N2O5S/c1-3-12(4-2)15(8-9-16)21(19,20)14-7-5-6-11(10-14)13(17)18/h11-12,16H,3-10H2,1-2H3,(H,17,18). The third-order valence-corrected chi connectivity index (χ3v) is 6.08. The Balaban J connectivity index is 2.96. The Hall–Kier alpha value is -0.700. The van der Waals surface area contributed by atoms with Crippen LogP contribution in [0.5, 0.6) is 0 Å². The van der Waals surface area contributed by atoms with Gasteiger partial charge in [-0.15, -0.1) is 0 Å². The van der Waals surface area contributed by atoms with E-state index in [1.54, 1.807) is 0 Å². The molecule has 1 heterocycles. The lowest BCUT2D eigenvalue weighted by Crippen LogP contribution is -2.52. The van der Waals surface area contributed by atoms with E-state index >= 15 is 0 Å². The molecule has 0 saturated carbocycles. The molecule has 124 valence electrons. The van der Waals surface area contributed by atoms with Crippen molar-refractivity contribution in [1.82, 2.24) is 8.61 Å². The van der Waals surface area contributed by atoms with Gasteiger partial charge in [0.25, 0.3) is 10.2 Å². The monoisotopic (exact) mass is 322 g/mol. The zero-order chi connectivity index (χ0) is 16.0. The van der Waals surface area contributed by atoms with Gasteiger partial charge in [0.2, 0.25) is 0 Å². The van der Waals surface area contributed by atoms with E-state index in [0.717, 1.165) is 0 Å². The van der Waals surface area contributed by atoms with Crippen LogP contribution in [-0.2, 0) is 15.0 Å². The molecule has 8 heteroatoms. The van der Waals surface area contributed by atoms with Gasteiger partial charge in [0.05, 0.1) is 12.5 Å². The Kier molecular flexibility index (Phi) is 7.05. The van der Waals surface area contributed by atoms with Crippen LogP contribution in [0.3, 0.4) is 0 Å². The van der Waals surface area contributed by atoms with Crippen LogP contribution in [0.2, 0.25) is 0 Å². The first kappa shape index (κ1) is 18.3. The molecule has 1 aliphatic heterocycles. The van der Waals surface area contributed by atoms with Crippen LogP contribution in [0.25, 0.3) is 0 Å². The summed E-state index contributed by atoms with van der Waals surface area (Å²) < 4.78 is 28.1. The van der Waals surface area contributed by atoms with Crippen LogP contribution in [-0.4, -0.2) is 65.5 Å². The molecular formula is C13H26N2O5S. The van der Waals surface area contributed by atoms with Gasteiger partial charge in [-0.2, -0.15) is 17.0 Å². The molecule has 0 aromatic carbocycles. The van der Waals surface area contributed by atoms with E-state index < -0.39 is 22.1 Å². The molecule has 1 atom stereocenters. The number of carbonyl (C=O) groups is 1. The number of aliphatic hydroxyl groups is 1. The molecule has 0 radical (unpaired) electrons. The minimum atomic E-state index is -3.73. The number of hydrogen-bond acceptors (Lipinski definition) is 4. The highest BCUT2D eigenvalue weighted by atomic mass is 32.2. The number of aliphatic hydroxyl groups excluding tert-OH is 1. The van der Waals surface area contributed by atoms with Crippen molar-refractivity contribution in [3.05, 3.63) is 0 Å². The van der Waals surface area contributed by atoms with E-state index in [4.69, 9.17) is 10.2 Å². The van der Waals surface area contributed by atoms with E-state index in [9.17, 15) is 13.2 Å². The van der Waals surface area contributed by atoms with Gasteiger partial charge in [0.15, 0.2) is 0 Å². The highest BCUT2D eigenvalue weighted by Gasteiger charge is 2.37. The normalized spacial score (nSPS) is 21.1. The molecule has 0 aromatic rings. The summed E-state index contributed by atoms with van der Waals surface area (Å²) in [5.41, 5.74) is 0. The predicted octanol–water partition coefficient (Wildman–Crippen LogP) is 0.511. The van der Waals surface area contributed by atoms with E-state index in [1.165, 1.54) is 8.61 Å². The summed E-state index contributed by atoms with van der Waals surface area (Å²) in [4.78, 5) is 11.1. The fourth-order valence-corrected chi connectivity index (χ4v) is 4.79. The Morgan fingerprint density at radius 1 is 1.38 bits per heavy atom. The van der Waals surface area contributed by atoms with Crippen LogP contribution in [0.15, 0.2) is 0 Å². The second-order valence-corrected chi connectivity index (χ2v) is 7.23. The molecule has 0 bridgehead atoms. The van der Waals surface area contributed by atoms with Gasteiger partial charge in [-0.1, -0.05) is 13.8 Å². The highest BCUT2D eigenvalue weighted by Crippen LogP contribution is 2.24. The maximum Gasteiger partial charge on any atom is 0.307 e. The van der Waals surface area contributed by atoms with Crippen molar-refractivity contribution in [2.45, 2.75) is 45.6 Å². The van der Waals surface area contributed by atoms with E-state index in [-0.39, 0.29) is 25.7 Å². The van der Waals surface area contributed by atoms with Gasteiger partial charge in [-0.05, 0) is 25.7 Å². The first-order valence-corrected chi connectivity index (χ1v) is 8.88. The summed E-state index contributed by atoms with van der Waals surface area (Å²) in [6.45, 7) is 3.97. The van der Waals surface area contributed by atoms with Crippen LogP contribution in [0.4, 0.5) is 0 Å². The molecule has 21 heavy (non-hydrogen) atoms. The fraction of sp³-hybridized carbons (Fsp3) is 0.923. The first-order valence-electron chi connectivity index (χ1n) is 7.49. The lowest BCUT2D eigenvalue weighted by molar-refractivity contribution is -0.142. The van der Waals surface area contributed by atoms with Gasteiger partial charge < -0.3 is 10.2 Å². The molecule has 0 spiro atoms. The maximum absolute atomic E-state index is 12.8. The largest absolute Gasteiger partial charge is 0.481 e. The van der Waals surface area contributed by atoms with Gasteiger partial charge in [-0.3, -0.25) is 4.79 Å². The predicted molar refractivity (Wildman–Crippen MR) is 79.0 cm³/mol. The van der Waals surface area contributed by atoms with Crippen LogP contribution in [0, 0.1) is 5.92 Å². The van der Waals surface area contributed by atoms with Crippen LogP contribution >= 0.6 is 0 Å². The number of carboxylic acids is 1. The molecule has 0 aliphatic carbocycles. The van der Waals surface area contributed by atoms with E-state index in [0.29, 0.717) is 32.2 Å². The molecule has 1 rings (SSSR count). The Morgan fingerprint density at radius 2 is 2.00 bits per heavy atom. The van der Waals surface area contributed by atoms with Gasteiger partial charge in [0.1, 0.15) is 0 Å². The average molecular weight is 322 g/mol. The van der Waals surface area contributed by atoms with Crippen molar-refractivity contribution >= 4 is 16.2 Å². The van der Waals surface area contributed by atoms with Gasteiger partial charge >= 0.3 is 5.97 Å². The molecule has 7 nitrogen and oxygen atoms in total.